The monoisotopic (exact) mass is 503 g/mol. The van der Waals surface area contributed by atoms with Crippen molar-refractivity contribution in [3.8, 4) is 11.1 Å². The zero-order chi connectivity index (χ0) is 26.0. The van der Waals surface area contributed by atoms with Crippen molar-refractivity contribution in [2.75, 3.05) is 11.5 Å². The van der Waals surface area contributed by atoms with Crippen LogP contribution in [-0.4, -0.2) is 30.2 Å². The molecule has 1 saturated heterocycles. The van der Waals surface area contributed by atoms with Gasteiger partial charge in [-0.2, -0.15) is 0 Å². The van der Waals surface area contributed by atoms with Crippen LogP contribution in [0.25, 0.3) is 11.1 Å². The lowest BCUT2D eigenvalue weighted by Crippen LogP contribution is -2.40. The maximum atomic E-state index is 13.4. The maximum Gasteiger partial charge on any atom is 0.338 e. The number of hydrogen-bond acceptors (Lipinski definition) is 5. The van der Waals surface area contributed by atoms with E-state index in [1.807, 2.05) is 42.5 Å². The summed E-state index contributed by atoms with van der Waals surface area (Å²) in [6, 6.07) is 23.4. The van der Waals surface area contributed by atoms with Gasteiger partial charge in [-0.3, -0.25) is 14.4 Å². The molecule has 5 aliphatic rings. The first-order chi connectivity index (χ1) is 18.5. The molecule has 2 bridgehead atoms. The molecule has 2 saturated carbocycles. The minimum atomic E-state index is -0.680. The van der Waals surface area contributed by atoms with Crippen LogP contribution in [0.4, 0.5) is 5.69 Å². The highest BCUT2D eigenvalue weighted by Crippen LogP contribution is 2.65. The molecule has 2 amide bonds. The lowest BCUT2D eigenvalue weighted by molar-refractivity contribution is -0.124. The number of carbonyl (C=O) groups is 4. The summed E-state index contributed by atoms with van der Waals surface area (Å²) in [4.78, 5) is 53.5. The standard InChI is InChI=1S/C32H25NO5/c34-27(20-11-9-19(10-12-20)18-5-2-1-3-6-18)17-38-32(37)21-7-4-8-22(15-21)33-30(35)28-23-13-14-24(26-16-25(23)26)29(28)31(33)36/h1-15,23-26,28-29H,16-17H2/t23-,24+,25-,26-,28+,29+/m1/s1. The van der Waals surface area contributed by atoms with E-state index < -0.39 is 12.6 Å². The van der Waals surface area contributed by atoms with E-state index in [-0.39, 0.29) is 46.8 Å². The van der Waals surface area contributed by atoms with Crippen LogP contribution in [0.2, 0.25) is 0 Å². The van der Waals surface area contributed by atoms with Gasteiger partial charge in [0, 0.05) is 5.56 Å². The van der Waals surface area contributed by atoms with E-state index in [0.717, 1.165) is 17.5 Å². The molecule has 0 N–H and O–H groups in total. The zero-order valence-electron chi connectivity index (χ0n) is 20.5. The van der Waals surface area contributed by atoms with E-state index in [9.17, 15) is 19.2 Å². The summed E-state index contributed by atoms with van der Waals surface area (Å²) >= 11 is 0. The van der Waals surface area contributed by atoms with Crippen LogP contribution in [0.5, 0.6) is 0 Å². The van der Waals surface area contributed by atoms with Crippen molar-refractivity contribution in [2.24, 2.45) is 35.5 Å². The molecule has 0 spiro atoms. The molecular weight excluding hydrogens is 478 g/mol. The van der Waals surface area contributed by atoms with Crippen LogP contribution in [0.3, 0.4) is 0 Å². The summed E-state index contributed by atoms with van der Waals surface area (Å²) in [5.74, 6) is -0.633. The molecule has 1 heterocycles. The third kappa shape index (κ3) is 3.55. The number of hydrogen-bond donors (Lipinski definition) is 0. The molecule has 3 fully saturated rings. The molecule has 4 aliphatic carbocycles. The Hall–Kier alpha value is -4.32. The summed E-state index contributed by atoms with van der Waals surface area (Å²) in [6.45, 7) is -0.405. The highest BCUT2D eigenvalue weighted by Gasteiger charge is 2.67. The third-order valence-electron chi connectivity index (χ3n) is 8.65. The Morgan fingerprint density at radius 2 is 1.37 bits per heavy atom. The quantitative estimate of drug-likeness (QED) is 0.206. The maximum absolute atomic E-state index is 13.4. The number of ether oxygens (including phenoxy) is 1. The number of amides is 2. The first-order valence-electron chi connectivity index (χ1n) is 13.0. The molecule has 6 nitrogen and oxygen atoms in total. The van der Waals surface area contributed by atoms with Crippen molar-refractivity contribution in [3.05, 3.63) is 102 Å². The third-order valence-corrected chi connectivity index (χ3v) is 8.65. The molecule has 188 valence electrons. The fourth-order valence-corrected chi connectivity index (χ4v) is 6.76. The fourth-order valence-electron chi connectivity index (χ4n) is 6.76. The van der Waals surface area contributed by atoms with Crippen molar-refractivity contribution in [1.82, 2.24) is 0 Å². The summed E-state index contributed by atoms with van der Waals surface area (Å²) in [6.07, 6.45) is 5.37. The molecule has 6 atom stereocenters. The second kappa shape index (κ2) is 8.62. The largest absolute Gasteiger partial charge is 0.454 e. The first-order valence-corrected chi connectivity index (χ1v) is 13.0. The van der Waals surface area contributed by atoms with Gasteiger partial charge in [-0.1, -0.05) is 72.8 Å². The number of imide groups is 1. The van der Waals surface area contributed by atoms with Gasteiger partial charge in [-0.05, 0) is 59.4 Å². The molecule has 3 aromatic rings. The van der Waals surface area contributed by atoms with Crippen LogP contribution in [0.15, 0.2) is 91.0 Å². The van der Waals surface area contributed by atoms with Gasteiger partial charge < -0.3 is 4.74 Å². The SMILES string of the molecule is O=C(COC(=O)c1cccc(N2C(=O)[C@H]3[C@@H]4C=C[C@@H]([C@H]5C[C@H]45)[C@@H]3C2=O)c1)c1ccc(-c2ccccc2)cc1. The lowest BCUT2D eigenvalue weighted by Gasteiger charge is -2.37. The van der Waals surface area contributed by atoms with Crippen LogP contribution in [0.1, 0.15) is 27.1 Å². The molecule has 3 aromatic carbocycles. The Balaban J connectivity index is 1.03. The predicted octanol–water partition coefficient (Wildman–Crippen LogP) is 4.95. The molecule has 6 heteroatoms. The normalized spacial score (nSPS) is 28.2. The fraction of sp³-hybridized carbons (Fsp3) is 0.250. The average Bonchev–Trinajstić information content (AvgIpc) is 3.74. The van der Waals surface area contributed by atoms with Crippen molar-refractivity contribution in [3.63, 3.8) is 0 Å². The first kappa shape index (κ1) is 22.8. The van der Waals surface area contributed by atoms with Crippen molar-refractivity contribution in [1.29, 1.82) is 0 Å². The summed E-state index contributed by atoms with van der Waals surface area (Å²) in [5.41, 5.74) is 3.05. The Bertz CT molecular complexity index is 1470. The molecule has 38 heavy (non-hydrogen) atoms. The predicted molar refractivity (Wildman–Crippen MR) is 140 cm³/mol. The van der Waals surface area contributed by atoms with Crippen molar-refractivity contribution in [2.45, 2.75) is 6.42 Å². The highest BCUT2D eigenvalue weighted by molar-refractivity contribution is 6.23. The van der Waals surface area contributed by atoms with Gasteiger partial charge >= 0.3 is 5.97 Å². The number of carbonyl (C=O) groups excluding carboxylic acids is 4. The number of anilines is 1. The number of Topliss-reactive ketones (excluding diaryl/α,β-unsaturated/α-hetero) is 1. The van der Waals surface area contributed by atoms with E-state index in [2.05, 4.69) is 12.2 Å². The summed E-state index contributed by atoms with van der Waals surface area (Å²) in [7, 11) is 0. The Labute approximate surface area is 219 Å². The minimum Gasteiger partial charge on any atom is -0.454 e. The number of ketones is 1. The Morgan fingerprint density at radius 1 is 0.737 bits per heavy atom. The molecular formula is C32H25NO5. The van der Waals surface area contributed by atoms with Gasteiger partial charge in [-0.25, -0.2) is 9.69 Å². The van der Waals surface area contributed by atoms with Gasteiger partial charge in [0.05, 0.1) is 23.1 Å². The smallest absolute Gasteiger partial charge is 0.338 e. The minimum absolute atomic E-state index is 0.136. The van der Waals surface area contributed by atoms with Crippen molar-refractivity contribution < 1.29 is 23.9 Å². The van der Waals surface area contributed by atoms with Crippen molar-refractivity contribution >= 4 is 29.3 Å². The lowest BCUT2D eigenvalue weighted by atomic mass is 9.63. The molecule has 0 radical (unpaired) electrons. The number of benzene rings is 3. The Kier molecular flexibility index (Phi) is 5.18. The number of allylic oxidation sites excluding steroid dienone is 2. The number of nitrogens with zero attached hydrogens (tertiary/aromatic N) is 1. The van der Waals surface area contributed by atoms with Crippen LogP contribution >= 0.6 is 0 Å². The van der Waals surface area contributed by atoms with Gasteiger partial charge in [-0.15, -0.1) is 0 Å². The van der Waals surface area contributed by atoms with Crippen LogP contribution < -0.4 is 4.90 Å². The second-order valence-corrected chi connectivity index (χ2v) is 10.7. The van der Waals surface area contributed by atoms with E-state index in [1.54, 1.807) is 30.3 Å². The number of rotatable bonds is 6. The molecule has 1 aliphatic heterocycles. The van der Waals surface area contributed by atoms with E-state index in [4.69, 9.17) is 4.74 Å². The summed E-state index contributed by atoms with van der Waals surface area (Å²) < 4.78 is 5.30. The zero-order valence-corrected chi connectivity index (χ0v) is 20.5. The van der Waals surface area contributed by atoms with Gasteiger partial charge in [0.25, 0.3) is 0 Å². The average molecular weight is 504 g/mol. The van der Waals surface area contributed by atoms with Crippen LogP contribution in [0, 0.1) is 35.5 Å². The van der Waals surface area contributed by atoms with Crippen LogP contribution in [-0.2, 0) is 14.3 Å². The number of esters is 1. The van der Waals surface area contributed by atoms with Gasteiger partial charge in [0.15, 0.2) is 12.4 Å². The van der Waals surface area contributed by atoms with Gasteiger partial charge in [0.1, 0.15) is 0 Å². The molecule has 0 unspecified atom stereocenters. The summed E-state index contributed by atoms with van der Waals surface area (Å²) in [5, 5.41) is 0. The van der Waals surface area contributed by atoms with E-state index in [1.165, 1.54) is 11.0 Å². The second-order valence-electron chi connectivity index (χ2n) is 10.7. The highest BCUT2D eigenvalue weighted by atomic mass is 16.5. The molecule has 8 rings (SSSR count). The topological polar surface area (TPSA) is 80.8 Å². The molecule has 0 aromatic heterocycles. The van der Waals surface area contributed by atoms with Gasteiger partial charge in [0.2, 0.25) is 11.8 Å². The van der Waals surface area contributed by atoms with E-state index in [0.29, 0.717) is 23.1 Å². The van der Waals surface area contributed by atoms with E-state index >= 15 is 0 Å². The Morgan fingerprint density at radius 3 is 2.03 bits per heavy atom.